The van der Waals surface area contributed by atoms with Crippen LogP contribution in [0, 0.1) is 0 Å². The molecule has 14 heavy (non-hydrogen) atoms. The van der Waals surface area contributed by atoms with Gasteiger partial charge in [0, 0.05) is 32.3 Å². The van der Waals surface area contributed by atoms with Crippen LogP contribution in [0.5, 0.6) is 0 Å². The molecule has 0 aromatic heterocycles. The maximum atomic E-state index is 11.0. The number of nitrogens with zero attached hydrogens (tertiary/aromatic N) is 1. The first-order valence-electron chi connectivity index (χ1n) is 4.86. The smallest absolute Gasteiger partial charge is 0.219 e. The molecule has 0 aliphatic heterocycles. The third-order valence-corrected chi connectivity index (χ3v) is 2.90. The summed E-state index contributed by atoms with van der Waals surface area (Å²) in [5, 5.41) is 8.71. The van der Waals surface area contributed by atoms with Gasteiger partial charge in [-0.1, -0.05) is 0 Å². The topological polar surface area (TPSA) is 66.6 Å². The van der Waals surface area contributed by atoms with E-state index in [-0.39, 0.29) is 12.5 Å². The molecule has 1 amide bonds. The molecule has 0 bridgehead atoms. The van der Waals surface area contributed by atoms with Crippen molar-refractivity contribution in [1.82, 2.24) is 4.90 Å². The summed E-state index contributed by atoms with van der Waals surface area (Å²) >= 11 is 1.80. The van der Waals surface area contributed by atoms with Gasteiger partial charge in [0.05, 0.1) is 6.61 Å². The normalized spacial score (nSPS) is 10.2. The van der Waals surface area contributed by atoms with Crippen LogP contribution in [0.3, 0.4) is 0 Å². The van der Waals surface area contributed by atoms with Crippen molar-refractivity contribution in [3.05, 3.63) is 0 Å². The van der Waals surface area contributed by atoms with Gasteiger partial charge in [-0.25, -0.2) is 0 Å². The lowest BCUT2D eigenvalue weighted by atomic mass is 10.4. The number of thioether (sulfide) groups is 1. The molecular weight excluding hydrogens is 200 g/mol. The Balaban J connectivity index is 3.46. The lowest BCUT2D eigenvalue weighted by Crippen LogP contribution is -2.32. The van der Waals surface area contributed by atoms with Crippen LogP contribution in [0.25, 0.3) is 0 Å². The number of hydrogen-bond donors (Lipinski definition) is 2. The first-order valence-corrected chi connectivity index (χ1v) is 6.02. The number of aliphatic hydroxyl groups excluding tert-OH is 1. The van der Waals surface area contributed by atoms with Crippen molar-refractivity contribution in [2.75, 3.05) is 37.7 Å². The Bertz CT molecular complexity index is 156. The predicted octanol–water partition coefficient (Wildman–Crippen LogP) is -0.0908. The Morgan fingerprint density at radius 2 is 2.14 bits per heavy atom. The van der Waals surface area contributed by atoms with Crippen LogP contribution in [0.1, 0.15) is 13.3 Å². The highest BCUT2D eigenvalue weighted by Gasteiger charge is 2.06. The van der Waals surface area contributed by atoms with Gasteiger partial charge in [0.15, 0.2) is 0 Å². The highest BCUT2D eigenvalue weighted by Crippen LogP contribution is 2.02. The Kier molecular flexibility index (Phi) is 9.13. The minimum Gasteiger partial charge on any atom is -0.395 e. The van der Waals surface area contributed by atoms with Crippen LogP contribution < -0.4 is 5.73 Å². The van der Waals surface area contributed by atoms with E-state index in [1.807, 2.05) is 0 Å². The third-order valence-electron chi connectivity index (χ3n) is 1.79. The van der Waals surface area contributed by atoms with Crippen LogP contribution in [0.15, 0.2) is 0 Å². The lowest BCUT2D eigenvalue weighted by Gasteiger charge is -2.19. The fourth-order valence-electron chi connectivity index (χ4n) is 1.09. The number of amides is 1. The molecule has 0 fully saturated rings. The molecule has 0 saturated heterocycles. The Morgan fingerprint density at radius 1 is 1.43 bits per heavy atom. The van der Waals surface area contributed by atoms with Crippen molar-refractivity contribution in [2.24, 2.45) is 5.73 Å². The Hall–Kier alpha value is -0.260. The highest BCUT2D eigenvalue weighted by molar-refractivity contribution is 7.99. The van der Waals surface area contributed by atoms with Gasteiger partial charge in [0.1, 0.15) is 0 Å². The number of carbonyl (C=O) groups excluding carboxylic acids is 1. The van der Waals surface area contributed by atoms with Crippen LogP contribution in [-0.4, -0.2) is 53.7 Å². The van der Waals surface area contributed by atoms with E-state index >= 15 is 0 Å². The molecular formula is C9H20N2O2S. The average molecular weight is 220 g/mol. The molecule has 84 valence electrons. The van der Waals surface area contributed by atoms with Gasteiger partial charge in [0.2, 0.25) is 5.91 Å². The van der Waals surface area contributed by atoms with E-state index in [1.54, 1.807) is 16.7 Å². The number of hydrogen-bond acceptors (Lipinski definition) is 4. The summed E-state index contributed by atoms with van der Waals surface area (Å²) in [6.07, 6.45) is 0.963. The van der Waals surface area contributed by atoms with Crippen LogP contribution in [0.2, 0.25) is 0 Å². The summed E-state index contributed by atoms with van der Waals surface area (Å²) in [5.74, 6) is 2.02. The number of carbonyl (C=O) groups is 1. The van der Waals surface area contributed by atoms with E-state index < -0.39 is 0 Å². The molecule has 5 heteroatoms. The minimum absolute atomic E-state index is 0.0304. The zero-order valence-corrected chi connectivity index (χ0v) is 9.55. The summed E-state index contributed by atoms with van der Waals surface area (Å²) in [5.41, 5.74) is 5.35. The van der Waals surface area contributed by atoms with Crippen molar-refractivity contribution >= 4 is 17.7 Å². The summed E-state index contributed by atoms with van der Waals surface area (Å²) in [6, 6.07) is 0. The molecule has 0 spiro atoms. The quantitative estimate of drug-likeness (QED) is 0.561. The molecule has 0 atom stereocenters. The van der Waals surface area contributed by atoms with E-state index in [2.05, 4.69) is 0 Å². The number of aliphatic hydroxyl groups is 1. The average Bonchev–Trinajstić information content (AvgIpc) is 2.15. The second kappa shape index (κ2) is 9.30. The fraction of sp³-hybridized carbons (Fsp3) is 0.889. The van der Waals surface area contributed by atoms with E-state index in [9.17, 15) is 4.79 Å². The highest BCUT2D eigenvalue weighted by atomic mass is 32.2. The summed E-state index contributed by atoms with van der Waals surface area (Å²) in [4.78, 5) is 12.7. The van der Waals surface area contributed by atoms with Crippen molar-refractivity contribution in [3.8, 4) is 0 Å². The molecule has 0 rings (SSSR count). The third kappa shape index (κ3) is 7.17. The first-order chi connectivity index (χ1) is 6.72. The Labute approximate surface area is 89.8 Å². The van der Waals surface area contributed by atoms with E-state index in [0.717, 1.165) is 24.5 Å². The van der Waals surface area contributed by atoms with Crippen LogP contribution in [0.4, 0.5) is 0 Å². The number of rotatable bonds is 8. The molecule has 0 aromatic carbocycles. The van der Waals surface area contributed by atoms with Gasteiger partial charge in [0.25, 0.3) is 0 Å². The monoisotopic (exact) mass is 220 g/mol. The molecule has 0 aromatic rings. The van der Waals surface area contributed by atoms with Gasteiger partial charge in [-0.05, 0) is 12.2 Å². The molecule has 0 aliphatic rings. The largest absolute Gasteiger partial charge is 0.395 e. The van der Waals surface area contributed by atoms with Crippen molar-refractivity contribution in [3.63, 3.8) is 0 Å². The zero-order valence-electron chi connectivity index (χ0n) is 8.74. The fourth-order valence-corrected chi connectivity index (χ4v) is 1.79. The lowest BCUT2D eigenvalue weighted by molar-refractivity contribution is -0.129. The standard InChI is InChI=1S/C9H20N2O2S/c1-9(13)11(5-6-12)4-2-7-14-8-3-10/h12H,2-8,10H2,1H3. The number of nitrogens with two attached hydrogens (primary N) is 1. The van der Waals surface area contributed by atoms with Crippen LogP contribution >= 0.6 is 11.8 Å². The maximum Gasteiger partial charge on any atom is 0.219 e. The van der Waals surface area contributed by atoms with Gasteiger partial charge >= 0.3 is 0 Å². The van der Waals surface area contributed by atoms with Gasteiger partial charge in [-0.2, -0.15) is 11.8 Å². The summed E-state index contributed by atoms with van der Waals surface area (Å²) in [7, 11) is 0. The van der Waals surface area contributed by atoms with Crippen molar-refractivity contribution < 1.29 is 9.90 Å². The van der Waals surface area contributed by atoms with E-state index in [4.69, 9.17) is 10.8 Å². The van der Waals surface area contributed by atoms with Gasteiger partial charge in [-0.3, -0.25) is 4.79 Å². The van der Waals surface area contributed by atoms with Gasteiger partial charge in [-0.15, -0.1) is 0 Å². The van der Waals surface area contributed by atoms with E-state index in [1.165, 1.54) is 6.92 Å². The Morgan fingerprint density at radius 3 is 2.64 bits per heavy atom. The van der Waals surface area contributed by atoms with Crippen molar-refractivity contribution in [2.45, 2.75) is 13.3 Å². The summed E-state index contributed by atoms with van der Waals surface area (Å²) < 4.78 is 0. The molecule has 0 aliphatic carbocycles. The molecule has 0 heterocycles. The second-order valence-electron chi connectivity index (χ2n) is 2.98. The summed E-state index contributed by atoms with van der Waals surface area (Å²) in [6.45, 7) is 3.44. The molecule has 4 nitrogen and oxygen atoms in total. The minimum atomic E-state index is 0.0304. The molecule has 0 radical (unpaired) electrons. The molecule has 0 unspecified atom stereocenters. The van der Waals surface area contributed by atoms with Crippen molar-refractivity contribution in [1.29, 1.82) is 0 Å². The maximum absolute atomic E-state index is 11.0. The second-order valence-corrected chi connectivity index (χ2v) is 4.21. The van der Waals surface area contributed by atoms with Crippen LogP contribution in [-0.2, 0) is 4.79 Å². The predicted molar refractivity (Wildman–Crippen MR) is 60.3 cm³/mol. The van der Waals surface area contributed by atoms with Gasteiger partial charge < -0.3 is 15.7 Å². The SMILES string of the molecule is CC(=O)N(CCO)CCCSCCN. The molecule has 0 saturated carbocycles. The first kappa shape index (κ1) is 13.7. The zero-order chi connectivity index (χ0) is 10.8. The molecule has 3 N–H and O–H groups in total. The van der Waals surface area contributed by atoms with E-state index in [0.29, 0.717) is 13.1 Å².